The van der Waals surface area contributed by atoms with Gasteiger partial charge in [0, 0.05) is 12.7 Å². The average molecular weight is 242 g/mol. The minimum absolute atomic E-state index is 0.370. The number of nitrogens with zero attached hydrogens (tertiary/aromatic N) is 3. The lowest BCUT2D eigenvalue weighted by Gasteiger charge is -1.96. The van der Waals surface area contributed by atoms with Crippen LogP contribution in [-0.4, -0.2) is 15.1 Å². The van der Waals surface area contributed by atoms with Crippen LogP contribution in [0.15, 0.2) is 45.9 Å². The van der Waals surface area contributed by atoms with Gasteiger partial charge >= 0.3 is 0 Å². The van der Waals surface area contributed by atoms with Crippen molar-refractivity contribution < 1.29 is 8.94 Å². The SMILES string of the molecule is NCc1ccc(-c2nc(-c3ccoc3)no2)nc1. The maximum absolute atomic E-state index is 5.51. The van der Waals surface area contributed by atoms with Gasteiger partial charge in [-0.15, -0.1) is 0 Å². The number of furan rings is 1. The van der Waals surface area contributed by atoms with Crippen molar-refractivity contribution in [2.24, 2.45) is 5.73 Å². The first-order valence-electron chi connectivity index (χ1n) is 5.38. The number of hydrogen-bond donors (Lipinski definition) is 1. The molecule has 0 aliphatic rings. The molecule has 0 fully saturated rings. The molecule has 0 bridgehead atoms. The van der Waals surface area contributed by atoms with Gasteiger partial charge in [-0.05, 0) is 17.7 Å². The third-order valence-electron chi connectivity index (χ3n) is 2.48. The number of hydrogen-bond acceptors (Lipinski definition) is 6. The van der Waals surface area contributed by atoms with Gasteiger partial charge in [-0.2, -0.15) is 4.98 Å². The summed E-state index contributed by atoms with van der Waals surface area (Å²) in [5.41, 5.74) is 7.84. The minimum Gasteiger partial charge on any atom is -0.472 e. The van der Waals surface area contributed by atoms with Crippen LogP contribution in [0.3, 0.4) is 0 Å². The second-order valence-electron chi connectivity index (χ2n) is 3.69. The molecular weight excluding hydrogens is 232 g/mol. The number of pyridine rings is 1. The van der Waals surface area contributed by atoms with Crippen LogP contribution in [0.1, 0.15) is 5.56 Å². The predicted molar refractivity (Wildman–Crippen MR) is 63.1 cm³/mol. The van der Waals surface area contributed by atoms with Gasteiger partial charge in [0.25, 0.3) is 5.89 Å². The summed E-state index contributed by atoms with van der Waals surface area (Å²) in [7, 11) is 0. The third kappa shape index (κ3) is 1.89. The Balaban J connectivity index is 1.92. The van der Waals surface area contributed by atoms with Crippen molar-refractivity contribution in [3.8, 4) is 23.0 Å². The van der Waals surface area contributed by atoms with Gasteiger partial charge in [0.2, 0.25) is 5.82 Å². The Hall–Kier alpha value is -2.47. The fourth-order valence-corrected chi connectivity index (χ4v) is 1.51. The smallest absolute Gasteiger partial charge is 0.276 e. The number of rotatable bonds is 3. The highest BCUT2D eigenvalue weighted by Crippen LogP contribution is 2.20. The van der Waals surface area contributed by atoms with Crippen molar-refractivity contribution in [2.75, 3.05) is 0 Å². The Morgan fingerprint density at radius 2 is 2.17 bits per heavy atom. The summed E-state index contributed by atoms with van der Waals surface area (Å²) in [6, 6.07) is 5.44. The van der Waals surface area contributed by atoms with Gasteiger partial charge in [0.15, 0.2) is 0 Å². The topological polar surface area (TPSA) is 91.0 Å². The molecule has 0 atom stereocenters. The molecule has 6 heteroatoms. The summed E-state index contributed by atoms with van der Waals surface area (Å²) < 4.78 is 10.1. The van der Waals surface area contributed by atoms with Gasteiger partial charge in [-0.1, -0.05) is 11.2 Å². The normalized spacial score (nSPS) is 10.7. The van der Waals surface area contributed by atoms with Crippen molar-refractivity contribution in [1.29, 1.82) is 0 Å². The minimum atomic E-state index is 0.370. The van der Waals surface area contributed by atoms with E-state index in [1.165, 1.54) is 0 Å². The molecule has 0 aliphatic heterocycles. The zero-order valence-corrected chi connectivity index (χ0v) is 9.41. The van der Waals surface area contributed by atoms with Crippen LogP contribution in [0.25, 0.3) is 23.0 Å². The van der Waals surface area contributed by atoms with Crippen LogP contribution >= 0.6 is 0 Å². The summed E-state index contributed by atoms with van der Waals surface area (Å²) in [6.07, 6.45) is 4.80. The fourth-order valence-electron chi connectivity index (χ4n) is 1.51. The van der Waals surface area contributed by atoms with Crippen molar-refractivity contribution in [3.63, 3.8) is 0 Å². The molecule has 2 N–H and O–H groups in total. The lowest BCUT2D eigenvalue weighted by Crippen LogP contribution is -1.96. The highest BCUT2D eigenvalue weighted by molar-refractivity contribution is 5.56. The van der Waals surface area contributed by atoms with E-state index in [9.17, 15) is 0 Å². The largest absolute Gasteiger partial charge is 0.472 e. The van der Waals surface area contributed by atoms with Crippen LogP contribution in [-0.2, 0) is 6.54 Å². The molecule has 0 saturated heterocycles. The van der Waals surface area contributed by atoms with E-state index in [2.05, 4.69) is 15.1 Å². The molecule has 18 heavy (non-hydrogen) atoms. The van der Waals surface area contributed by atoms with E-state index in [1.807, 2.05) is 6.07 Å². The molecule has 0 amide bonds. The Morgan fingerprint density at radius 3 is 2.83 bits per heavy atom. The summed E-state index contributed by atoms with van der Waals surface area (Å²) >= 11 is 0. The first kappa shape index (κ1) is 10.7. The Morgan fingerprint density at radius 1 is 1.22 bits per heavy atom. The van der Waals surface area contributed by atoms with Gasteiger partial charge in [-0.25, -0.2) is 0 Å². The predicted octanol–water partition coefficient (Wildman–Crippen LogP) is 1.85. The molecule has 3 rings (SSSR count). The molecule has 3 aromatic heterocycles. The highest BCUT2D eigenvalue weighted by Gasteiger charge is 2.12. The van der Waals surface area contributed by atoms with Crippen LogP contribution < -0.4 is 5.73 Å². The van der Waals surface area contributed by atoms with E-state index in [0.717, 1.165) is 11.1 Å². The van der Waals surface area contributed by atoms with E-state index in [1.54, 1.807) is 30.9 Å². The zero-order chi connectivity index (χ0) is 12.4. The van der Waals surface area contributed by atoms with Crippen LogP contribution in [0, 0.1) is 0 Å². The molecule has 3 heterocycles. The van der Waals surface area contributed by atoms with E-state index in [4.69, 9.17) is 14.7 Å². The van der Waals surface area contributed by atoms with Gasteiger partial charge in [0.1, 0.15) is 12.0 Å². The van der Waals surface area contributed by atoms with E-state index in [0.29, 0.717) is 24.0 Å². The van der Waals surface area contributed by atoms with E-state index >= 15 is 0 Å². The van der Waals surface area contributed by atoms with Crippen LogP contribution in [0.2, 0.25) is 0 Å². The third-order valence-corrected chi connectivity index (χ3v) is 2.48. The maximum atomic E-state index is 5.51. The summed E-state index contributed by atoms with van der Waals surface area (Å²) in [6.45, 7) is 0.456. The van der Waals surface area contributed by atoms with E-state index < -0.39 is 0 Å². The first-order chi connectivity index (χ1) is 8.86. The lowest BCUT2D eigenvalue weighted by atomic mass is 10.2. The molecule has 0 saturated carbocycles. The monoisotopic (exact) mass is 242 g/mol. The lowest BCUT2D eigenvalue weighted by molar-refractivity contribution is 0.431. The molecule has 0 unspecified atom stereocenters. The van der Waals surface area contributed by atoms with Crippen molar-refractivity contribution in [2.45, 2.75) is 6.54 Å². The Labute approximate surface area is 102 Å². The van der Waals surface area contributed by atoms with Gasteiger partial charge < -0.3 is 14.7 Å². The zero-order valence-electron chi connectivity index (χ0n) is 9.41. The average Bonchev–Trinajstić information content (AvgIpc) is 3.09. The molecule has 0 spiro atoms. The van der Waals surface area contributed by atoms with Crippen molar-refractivity contribution in [1.82, 2.24) is 15.1 Å². The molecule has 0 aliphatic carbocycles. The molecule has 6 nitrogen and oxygen atoms in total. The van der Waals surface area contributed by atoms with Crippen molar-refractivity contribution in [3.05, 3.63) is 42.5 Å². The second-order valence-corrected chi connectivity index (χ2v) is 3.69. The van der Waals surface area contributed by atoms with Gasteiger partial charge in [0.05, 0.1) is 11.8 Å². The van der Waals surface area contributed by atoms with Gasteiger partial charge in [-0.3, -0.25) is 4.98 Å². The second kappa shape index (κ2) is 4.42. The van der Waals surface area contributed by atoms with E-state index in [-0.39, 0.29) is 0 Å². The molecule has 3 aromatic rings. The molecular formula is C12H10N4O2. The fraction of sp³-hybridized carbons (Fsp3) is 0.0833. The number of nitrogens with two attached hydrogens (primary N) is 1. The quantitative estimate of drug-likeness (QED) is 0.753. The first-order valence-corrected chi connectivity index (χ1v) is 5.38. The molecule has 0 radical (unpaired) electrons. The van der Waals surface area contributed by atoms with Crippen molar-refractivity contribution >= 4 is 0 Å². The molecule has 0 aromatic carbocycles. The Bertz CT molecular complexity index is 628. The highest BCUT2D eigenvalue weighted by atomic mass is 16.5. The maximum Gasteiger partial charge on any atom is 0.276 e. The summed E-state index contributed by atoms with van der Waals surface area (Å²) in [5, 5.41) is 3.87. The number of aromatic nitrogens is 3. The summed E-state index contributed by atoms with van der Waals surface area (Å²) in [4.78, 5) is 8.46. The van der Waals surface area contributed by atoms with Crippen LogP contribution in [0.5, 0.6) is 0 Å². The molecule has 90 valence electrons. The summed E-state index contributed by atoms with van der Waals surface area (Å²) in [5.74, 6) is 0.846. The van der Waals surface area contributed by atoms with Crippen LogP contribution in [0.4, 0.5) is 0 Å². The standard InChI is InChI=1S/C12H10N4O2/c13-5-8-1-2-10(14-6-8)12-15-11(16-18-12)9-3-4-17-7-9/h1-4,6-7H,5,13H2. The Kier molecular flexibility index (Phi) is 2.62.